The molecular formula is C26H29FN4O5S. The van der Waals surface area contributed by atoms with Gasteiger partial charge >= 0.3 is 11.8 Å². The summed E-state index contributed by atoms with van der Waals surface area (Å²) in [5.41, 5.74) is -0.157. The van der Waals surface area contributed by atoms with Crippen LogP contribution < -0.4 is 11.2 Å². The second-order valence-electron chi connectivity index (χ2n) is 9.47. The molecule has 1 atom stereocenters. The number of hydrogen-bond acceptors (Lipinski definition) is 6. The van der Waals surface area contributed by atoms with E-state index in [1.165, 1.54) is 40.2 Å². The third kappa shape index (κ3) is 4.56. The molecule has 0 aliphatic carbocycles. The van der Waals surface area contributed by atoms with Crippen LogP contribution in [0.2, 0.25) is 0 Å². The Morgan fingerprint density at radius 2 is 1.89 bits per heavy atom. The maximum atomic E-state index is 13.7. The lowest BCUT2D eigenvalue weighted by Gasteiger charge is -2.33. The van der Waals surface area contributed by atoms with E-state index in [4.69, 9.17) is 4.74 Å². The summed E-state index contributed by atoms with van der Waals surface area (Å²) >= 11 is 1.26. The average Bonchev–Trinajstić information content (AvgIpc) is 3.27. The first-order chi connectivity index (χ1) is 17.8. The highest BCUT2D eigenvalue weighted by Gasteiger charge is 2.30. The van der Waals surface area contributed by atoms with Crippen molar-refractivity contribution in [3.05, 3.63) is 61.4 Å². The number of hydrogen-bond donors (Lipinski definition) is 0. The van der Waals surface area contributed by atoms with Crippen molar-refractivity contribution in [3.63, 3.8) is 0 Å². The number of amides is 2. The van der Waals surface area contributed by atoms with E-state index < -0.39 is 23.2 Å². The lowest BCUT2D eigenvalue weighted by molar-refractivity contribution is -0.135. The summed E-state index contributed by atoms with van der Waals surface area (Å²) in [7, 11) is 0. The maximum Gasteiger partial charge on any atom is 0.410 e. The monoisotopic (exact) mass is 528 g/mol. The van der Waals surface area contributed by atoms with Crippen LogP contribution in [0.4, 0.5) is 9.18 Å². The predicted molar refractivity (Wildman–Crippen MR) is 138 cm³/mol. The minimum absolute atomic E-state index is 0.0742. The molecule has 3 aromatic rings. The number of nitrogens with zero attached hydrogens (tertiary/aromatic N) is 4. The van der Waals surface area contributed by atoms with Crippen LogP contribution in [0, 0.1) is 5.82 Å². The molecule has 1 unspecified atom stereocenters. The highest BCUT2D eigenvalue weighted by molar-refractivity contribution is 7.18. The van der Waals surface area contributed by atoms with Crippen LogP contribution in [0.15, 0.2) is 33.9 Å². The second kappa shape index (κ2) is 10.1. The summed E-state index contributed by atoms with van der Waals surface area (Å²) in [5.74, 6) is -0.668. The van der Waals surface area contributed by atoms with Crippen molar-refractivity contribution < 1.29 is 18.7 Å². The van der Waals surface area contributed by atoms with Gasteiger partial charge in [-0.25, -0.2) is 18.5 Å². The van der Waals surface area contributed by atoms with Gasteiger partial charge in [0, 0.05) is 24.0 Å². The van der Waals surface area contributed by atoms with Crippen LogP contribution in [0.25, 0.3) is 15.9 Å². The van der Waals surface area contributed by atoms with Crippen molar-refractivity contribution in [3.8, 4) is 5.69 Å². The van der Waals surface area contributed by atoms with E-state index in [2.05, 4.69) is 0 Å². The fourth-order valence-electron chi connectivity index (χ4n) is 5.23. The zero-order chi connectivity index (χ0) is 26.3. The molecule has 9 nitrogen and oxygen atoms in total. The van der Waals surface area contributed by atoms with E-state index >= 15 is 0 Å². The molecule has 5 rings (SSSR count). The number of carbonyl (C=O) groups excluding carboxylic acids is 2. The third-order valence-corrected chi connectivity index (χ3v) is 8.39. The second-order valence-corrected chi connectivity index (χ2v) is 10.6. The quantitative estimate of drug-likeness (QED) is 0.518. The molecule has 0 bridgehead atoms. The molecule has 196 valence electrons. The van der Waals surface area contributed by atoms with Gasteiger partial charge in [-0.3, -0.25) is 14.2 Å². The summed E-state index contributed by atoms with van der Waals surface area (Å²) < 4.78 is 21.1. The van der Waals surface area contributed by atoms with Gasteiger partial charge in [0.25, 0.3) is 5.56 Å². The summed E-state index contributed by atoms with van der Waals surface area (Å²) in [6.45, 7) is 5.05. The molecule has 2 aromatic heterocycles. The molecule has 1 aromatic carbocycles. The van der Waals surface area contributed by atoms with Crippen LogP contribution in [-0.4, -0.2) is 56.7 Å². The van der Waals surface area contributed by atoms with Gasteiger partial charge in [-0.2, -0.15) is 0 Å². The topological polar surface area (TPSA) is 93.8 Å². The Bertz CT molecular complexity index is 1480. The van der Waals surface area contributed by atoms with Crippen LogP contribution in [0.3, 0.4) is 0 Å². The van der Waals surface area contributed by atoms with Crippen LogP contribution in [0.5, 0.6) is 0 Å². The highest BCUT2D eigenvalue weighted by atomic mass is 32.1. The Kier molecular flexibility index (Phi) is 6.89. The maximum absolute atomic E-state index is 13.7. The van der Waals surface area contributed by atoms with E-state index in [-0.39, 0.29) is 37.3 Å². The van der Waals surface area contributed by atoms with Gasteiger partial charge in [-0.15, -0.1) is 11.3 Å². The summed E-state index contributed by atoms with van der Waals surface area (Å²) in [5, 5.41) is 0.368. The van der Waals surface area contributed by atoms with E-state index in [1.807, 2.05) is 6.92 Å². The first-order valence-corrected chi connectivity index (χ1v) is 13.4. The third-order valence-electron chi connectivity index (χ3n) is 7.15. The van der Waals surface area contributed by atoms with Crippen molar-refractivity contribution in [2.75, 3.05) is 19.7 Å². The lowest BCUT2D eigenvalue weighted by Crippen LogP contribution is -2.46. The Balaban J connectivity index is 1.66. The molecule has 2 aliphatic heterocycles. The zero-order valence-electron chi connectivity index (χ0n) is 20.9. The Morgan fingerprint density at radius 1 is 1.14 bits per heavy atom. The van der Waals surface area contributed by atoms with Gasteiger partial charge in [-0.05, 0) is 69.4 Å². The SMILES string of the molecule is CCOC(=O)N1CCc2c(sc3c2c(=O)n(-c2ccc(F)cc2)c(=O)n3CC(=O)N2CCCCC2C)C1. The fraction of sp³-hybridized carbons (Fsp3) is 0.462. The molecule has 1 fully saturated rings. The molecule has 11 heteroatoms. The number of piperidine rings is 1. The number of aromatic nitrogens is 2. The molecule has 0 N–H and O–H groups in total. The number of halogens is 1. The fourth-order valence-corrected chi connectivity index (χ4v) is 6.58. The van der Waals surface area contributed by atoms with E-state index in [9.17, 15) is 23.6 Å². The number of ether oxygens (including phenoxy) is 1. The molecule has 2 amide bonds. The molecule has 0 saturated carbocycles. The van der Waals surface area contributed by atoms with Gasteiger partial charge in [0.2, 0.25) is 5.91 Å². The molecule has 1 saturated heterocycles. The largest absolute Gasteiger partial charge is 0.450 e. The molecule has 2 aliphatic rings. The summed E-state index contributed by atoms with van der Waals surface area (Å²) in [4.78, 5) is 57.8. The predicted octanol–water partition coefficient (Wildman–Crippen LogP) is 3.27. The molecule has 37 heavy (non-hydrogen) atoms. The summed E-state index contributed by atoms with van der Waals surface area (Å²) in [6.07, 6.45) is 2.86. The summed E-state index contributed by atoms with van der Waals surface area (Å²) in [6, 6.07) is 5.21. The lowest BCUT2D eigenvalue weighted by atomic mass is 10.0. The van der Waals surface area contributed by atoms with Crippen molar-refractivity contribution in [2.45, 2.75) is 58.7 Å². The molecule has 0 radical (unpaired) electrons. The minimum Gasteiger partial charge on any atom is -0.450 e. The van der Waals surface area contributed by atoms with E-state index in [0.717, 1.165) is 34.3 Å². The van der Waals surface area contributed by atoms with Crippen molar-refractivity contribution in [1.29, 1.82) is 0 Å². The van der Waals surface area contributed by atoms with E-state index in [0.29, 0.717) is 29.7 Å². The highest BCUT2D eigenvalue weighted by Crippen LogP contribution is 2.33. The number of rotatable bonds is 4. The zero-order valence-corrected chi connectivity index (χ0v) is 21.7. The van der Waals surface area contributed by atoms with Crippen molar-refractivity contribution in [2.24, 2.45) is 0 Å². The van der Waals surface area contributed by atoms with E-state index in [1.54, 1.807) is 16.7 Å². The Hall–Kier alpha value is -3.47. The van der Waals surface area contributed by atoms with Gasteiger partial charge < -0.3 is 14.5 Å². The molecular weight excluding hydrogens is 499 g/mol. The Labute approximate surface area is 216 Å². The van der Waals surface area contributed by atoms with Gasteiger partial charge in [0.05, 0.1) is 24.2 Å². The van der Waals surface area contributed by atoms with Crippen molar-refractivity contribution >= 4 is 33.6 Å². The molecule has 4 heterocycles. The van der Waals surface area contributed by atoms with Crippen LogP contribution in [0.1, 0.15) is 43.6 Å². The number of likely N-dealkylation sites (tertiary alicyclic amines) is 1. The first kappa shape index (κ1) is 25.2. The number of benzene rings is 1. The van der Waals surface area contributed by atoms with Crippen molar-refractivity contribution in [1.82, 2.24) is 18.9 Å². The first-order valence-electron chi connectivity index (χ1n) is 12.6. The Morgan fingerprint density at radius 3 is 2.59 bits per heavy atom. The van der Waals surface area contributed by atoms with Gasteiger partial charge in [0.1, 0.15) is 17.2 Å². The van der Waals surface area contributed by atoms with Gasteiger partial charge in [0.15, 0.2) is 0 Å². The minimum atomic E-state index is -0.650. The molecule has 0 spiro atoms. The number of carbonyl (C=O) groups is 2. The number of thiophene rings is 1. The van der Waals surface area contributed by atoms with Crippen LogP contribution in [-0.2, 0) is 29.0 Å². The normalized spacial score (nSPS) is 17.6. The van der Waals surface area contributed by atoms with Crippen LogP contribution >= 0.6 is 11.3 Å². The number of fused-ring (bicyclic) bond motifs is 3. The standard InChI is InChI=1S/C26H29FN4O5S/c1-3-36-26(35)28-13-11-19-20(14-28)37-24-22(19)23(33)31(18-9-7-17(27)8-10-18)25(34)30(24)15-21(32)29-12-5-4-6-16(29)2/h7-10,16H,3-6,11-15H2,1-2H3. The van der Waals surface area contributed by atoms with Gasteiger partial charge in [-0.1, -0.05) is 0 Å². The average molecular weight is 529 g/mol. The smallest absolute Gasteiger partial charge is 0.410 e.